The van der Waals surface area contributed by atoms with E-state index in [0.717, 1.165) is 0 Å². The number of nitrogens with zero attached hydrogens (tertiary/aromatic N) is 3. The predicted octanol–water partition coefficient (Wildman–Crippen LogP) is 1.36. The lowest BCUT2D eigenvalue weighted by Gasteiger charge is -2.31. The van der Waals surface area contributed by atoms with Gasteiger partial charge in [0.15, 0.2) is 5.70 Å². The van der Waals surface area contributed by atoms with Crippen molar-refractivity contribution in [3.05, 3.63) is 78.0 Å². The van der Waals surface area contributed by atoms with Crippen LogP contribution in [0.1, 0.15) is 23.2 Å². The predicted molar refractivity (Wildman–Crippen MR) is 123 cm³/mol. The van der Waals surface area contributed by atoms with Gasteiger partial charge in [-0.05, 0) is 37.1 Å². The van der Waals surface area contributed by atoms with Crippen LogP contribution in [0.5, 0.6) is 0 Å². The average Bonchev–Trinajstić information content (AvgIpc) is 3.24. The quantitative estimate of drug-likeness (QED) is 0.507. The number of primary amides is 1. The van der Waals surface area contributed by atoms with Crippen molar-refractivity contribution in [1.82, 2.24) is 10.5 Å². The van der Waals surface area contributed by atoms with Crippen LogP contribution < -0.4 is 16.3 Å². The van der Waals surface area contributed by atoms with Crippen LogP contribution in [0.15, 0.2) is 77.4 Å². The number of benzene rings is 2. The number of carbonyl (C=O) groups excluding carboxylic acids is 4. The molecule has 2 aliphatic heterocycles. The summed E-state index contributed by atoms with van der Waals surface area (Å²) in [7, 11) is 0. The number of para-hydroxylation sites is 1. The van der Waals surface area contributed by atoms with E-state index in [1.165, 1.54) is 16.0 Å². The van der Waals surface area contributed by atoms with Gasteiger partial charge in [-0.3, -0.25) is 14.4 Å². The van der Waals surface area contributed by atoms with Crippen LogP contribution in [0.25, 0.3) is 0 Å². The summed E-state index contributed by atoms with van der Waals surface area (Å²) in [6.45, 7) is 0.483. The molecule has 4 rings (SSSR count). The molecule has 2 heterocycles. The summed E-state index contributed by atoms with van der Waals surface area (Å²) in [5.41, 5.74) is 8.52. The maximum absolute atomic E-state index is 13.4. The lowest BCUT2D eigenvalue weighted by molar-refractivity contribution is -0.140. The fourth-order valence-electron chi connectivity index (χ4n) is 3.75. The number of carbonyl (C=O) groups is 4. The number of amides is 3. The molecular formula is C24H23N5O5. The second kappa shape index (κ2) is 10.1. The zero-order chi connectivity index (χ0) is 24.1. The minimum Gasteiger partial charge on any atom is -0.369 e. The second-order valence-corrected chi connectivity index (χ2v) is 7.84. The maximum atomic E-state index is 13.4. The van der Waals surface area contributed by atoms with E-state index in [1.807, 2.05) is 6.07 Å². The molecule has 3 N–H and O–H groups in total. The molecule has 0 spiro atoms. The lowest BCUT2D eigenvalue weighted by atomic mass is 9.97. The number of hydrogen-bond acceptors (Lipinski definition) is 7. The van der Waals surface area contributed by atoms with Gasteiger partial charge in [0.1, 0.15) is 5.71 Å². The maximum Gasteiger partial charge on any atom is 0.376 e. The fraction of sp³-hybridized carbons (Fsp3) is 0.208. The van der Waals surface area contributed by atoms with E-state index < -0.39 is 29.6 Å². The van der Waals surface area contributed by atoms with Crippen molar-refractivity contribution in [2.45, 2.75) is 12.8 Å². The normalized spacial score (nSPS) is 19.8. The van der Waals surface area contributed by atoms with Crippen molar-refractivity contribution in [1.29, 1.82) is 0 Å². The summed E-state index contributed by atoms with van der Waals surface area (Å²) in [6.07, 6.45) is 2.37. The van der Waals surface area contributed by atoms with Gasteiger partial charge < -0.3 is 15.5 Å². The van der Waals surface area contributed by atoms with Gasteiger partial charge in [-0.25, -0.2) is 14.8 Å². The standard InChI is InChI=1S/C24H23N5O5/c25-21(30)17-10-7-13-28(15-17)23(32)19(26-22(31)16-8-3-1-4-9-16)14-20-24(33)34-27-29(20)18-11-5-2-6-12-18/h1-6,8-9,11-12,14,17,27H,7,10,13,15H2,(H2,25,30)/b20-14+,26-19?. The third-order valence-corrected chi connectivity index (χ3v) is 5.54. The van der Waals surface area contributed by atoms with Gasteiger partial charge in [0, 0.05) is 24.7 Å². The number of likely N-dealkylation sites (tertiary alicyclic amines) is 1. The zero-order valence-electron chi connectivity index (χ0n) is 18.2. The van der Waals surface area contributed by atoms with Crippen molar-refractivity contribution in [3.63, 3.8) is 0 Å². The Morgan fingerprint density at radius 3 is 2.41 bits per heavy atom. The Bertz CT molecular complexity index is 1160. The van der Waals surface area contributed by atoms with Crippen LogP contribution in [0.3, 0.4) is 0 Å². The second-order valence-electron chi connectivity index (χ2n) is 7.84. The smallest absolute Gasteiger partial charge is 0.369 e. The van der Waals surface area contributed by atoms with Gasteiger partial charge in [0.05, 0.1) is 11.6 Å². The molecule has 3 amide bonds. The molecule has 2 aromatic rings. The first-order chi connectivity index (χ1) is 16.4. The largest absolute Gasteiger partial charge is 0.376 e. The fourth-order valence-corrected chi connectivity index (χ4v) is 3.75. The highest BCUT2D eigenvalue weighted by molar-refractivity contribution is 6.45. The number of piperidine rings is 1. The molecule has 174 valence electrons. The molecule has 0 aromatic heterocycles. The number of anilines is 1. The number of hydrazine groups is 1. The van der Waals surface area contributed by atoms with Gasteiger partial charge in [-0.15, -0.1) is 0 Å². The molecule has 0 saturated carbocycles. The Morgan fingerprint density at radius 1 is 1.06 bits per heavy atom. The molecule has 10 heteroatoms. The Kier molecular flexibility index (Phi) is 6.79. The molecule has 2 fully saturated rings. The van der Waals surface area contributed by atoms with Crippen molar-refractivity contribution >= 4 is 35.1 Å². The van der Waals surface area contributed by atoms with Gasteiger partial charge in [-0.2, -0.15) is 0 Å². The van der Waals surface area contributed by atoms with Gasteiger partial charge in [-0.1, -0.05) is 42.0 Å². The molecule has 1 atom stereocenters. The average molecular weight is 461 g/mol. The van der Waals surface area contributed by atoms with Crippen LogP contribution in [0, 0.1) is 5.92 Å². The third kappa shape index (κ3) is 5.02. The first kappa shape index (κ1) is 22.9. The molecule has 1 unspecified atom stereocenters. The SMILES string of the molecule is NC(=O)C1CCCN(C(=O)C(/C=C2\C(=O)ONN2c2ccccc2)=NC(=O)c2ccccc2)C1. The summed E-state index contributed by atoms with van der Waals surface area (Å²) in [5.74, 6) is -2.96. The minimum absolute atomic E-state index is 0.0253. The van der Waals surface area contributed by atoms with Gasteiger partial charge in [0.2, 0.25) is 5.91 Å². The minimum atomic E-state index is -0.745. The third-order valence-electron chi connectivity index (χ3n) is 5.54. The number of hydrogen-bond donors (Lipinski definition) is 2. The number of aliphatic imine (C=N–C) groups is 1. The molecule has 2 aliphatic rings. The highest BCUT2D eigenvalue weighted by atomic mass is 16.7. The monoisotopic (exact) mass is 461 g/mol. The number of rotatable bonds is 5. The van der Waals surface area contributed by atoms with E-state index in [0.29, 0.717) is 25.1 Å². The van der Waals surface area contributed by atoms with E-state index in [1.54, 1.807) is 54.6 Å². The highest BCUT2D eigenvalue weighted by Gasteiger charge is 2.33. The highest BCUT2D eigenvalue weighted by Crippen LogP contribution is 2.22. The van der Waals surface area contributed by atoms with E-state index in [9.17, 15) is 19.2 Å². The van der Waals surface area contributed by atoms with E-state index in [4.69, 9.17) is 10.6 Å². The van der Waals surface area contributed by atoms with Crippen molar-refractivity contribution in [3.8, 4) is 0 Å². The first-order valence-electron chi connectivity index (χ1n) is 10.7. The summed E-state index contributed by atoms with van der Waals surface area (Å²) in [6, 6.07) is 17.1. The van der Waals surface area contributed by atoms with Gasteiger partial charge in [0.25, 0.3) is 11.8 Å². The molecule has 2 saturated heterocycles. The van der Waals surface area contributed by atoms with Crippen molar-refractivity contribution < 1.29 is 24.0 Å². The van der Waals surface area contributed by atoms with Crippen molar-refractivity contribution in [2.75, 3.05) is 18.1 Å². The number of nitrogens with two attached hydrogens (primary N) is 1. The first-order valence-corrected chi connectivity index (χ1v) is 10.7. The van der Waals surface area contributed by atoms with Crippen molar-refractivity contribution in [2.24, 2.45) is 16.6 Å². The summed E-state index contributed by atoms with van der Waals surface area (Å²) in [5, 5.41) is 1.35. The lowest BCUT2D eigenvalue weighted by Crippen LogP contribution is -2.46. The molecule has 10 nitrogen and oxygen atoms in total. The zero-order valence-corrected chi connectivity index (χ0v) is 18.2. The Hall–Kier alpha value is -4.31. The molecular weight excluding hydrogens is 438 g/mol. The summed E-state index contributed by atoms with van der Waals surface area (Å²) < 4.78 is 0. The topological polar surface area (TPSA) is 134 Å². The summed E-state index contributed by atoms with van der Waals surface area (Å²) in [4.78, 5) is 60.8. The van der Waals surface area contributed by atoms with E-state index in [-0.39, 0.29) is 23.5 Å². The summed E-state index contributed by atoms with van der Waals surface area (Å²) >= 11 is 0. The Labute approximate surface area is 195 Å². The van der Waals surface area contributed by atoms with Crippen LogP contribution in [0.2, 0.25) is 0 Å². The molecule has 0 bridgehead atoms. The molecule has 34 heavy (non-hydrogen) atoms. The van der Waals surface area contributed by atoms with Crippen LogP contribution in [0.4, 0.5) is 5.69 Å². The van der Waals surface area contributed by atoms with Crippen LogP contribution in [-0.4, -0.2) is 47.4 Å². The Morgan fingerprint density at radius 2 is 1.74 bits per heavy atom. The molecule has 2 aromatic carbocycles. The van der Waals surface area contributed by atoms with E-state index >= 15 is 0 Å². The van der Waals surface area contributed by atoms with Crippen LogP contribution in [-0.2, 0) is 19.2 Å². The van der Waals surface area contributed by atoms with Crippen LogP contribution >= 0.6 is 0 Å². The molecule has 0 aliphatic carbocycles. The Balaban J connectivity index is 1.72. The number of nitrogens with one attached hydrogen (secondary N) is 1. The van der Waals surface area contributed by atoms with E-state index in [2.05, 4.69) is 10.6 Å². The molecule has 0 radical (unpaired) electrons. The van der Waals surface area contributed by atoms with Gasteiger partial charge >= 0.3 is 5.97 Å².